The zero-order valence-electron chi connectivity index (χ0n) is 8.30. The van der Waals surface area contributed by atoms with Gasteiger partial charge in [0.1, 0.15) is 0 Å². The van der Waals surface area contributed by atoms with Gasteiger partial charge in [-0.25, -0.2) is 9.97 Å². The molecule has 0 aliphatic carbocycles. The van der Waals surface area contributed by atoms with Crippen molar-refractivity contribution in [1.29, 1.82) is 0 Å². The van der Waals surface area contributed by atoms with Crippen LogP contribution in [0.5, 0.6) is 0 Å². The Kier molecular flexibility index (Phi) is 3.22. The molecule has 0 unspecified atom stereocenters. The van der Waals surface area contributed by atoms with E-state index in [0.717, 1.165) is 33.9 Å². The topological polar surface area (TPSA) is 25.8 Å². The summed E-state index contributed by atoms with van der Waals surface area (Å²) in [5.41, 5.74) is 1.93. The van der Waals surface area contributed by atoms with Crippen LogP contribution in [-0.4, -0.2) is 9.97 Å². The third-order valence-electron chi connectivity index (χ3n) is 2.20. The summed E-state index contributed by atoms with van der Waals surface area (Å²) < 4.78 is 1.04. The van der Waals surface area contributed by atoms with E-state index in [0.29, 0.717) is 5.28 Å². The summed E-state index contributed by atoms with van der Waals surface area (Å²) in [5, 5.41) is 1.41. The van der Waals surface area contributed by atoms with Gasteiger partial charge in [0.05, 0.1) is 11.2 Å². The first-order chi connectivity index (χ1) is 7.20. The summed E-state index contributed by atoms with van der Waals surface area (Å²) in [6, 6.07) is 5.95. The van der Waals surface area contributed by atoms with Crippen LogP contribution in [0.25, 0.3) is 10.9 Å². The predicted molar refractivity (Wildman–Crippen MR) is 66.2 cm³/mol. The van der Waals surface area contributed by atoms with Crippen LogP contribution < -0.4 is 0 Å². The summed E-state index contributed by atoms with van der Waals surface area (Å²) in [6.07, 6.45) is 1.98. The Labute approximate surface area is 102 Å². The molecule has 78 valence electrons. The first-order valence-electron chi connectivity index (χ1n) is 4.82. The fourth-order valence-corrected chi connectivity index (χ4v) is 2.11. The molecule has 0 saturated heterocycles. The van der Waals surface area contributed by atoms with Gasteiger partial charge in [0.15, 0.2) is 0 Å². The van der Waals surface area contributed by atoms with Crippen molar-refractivity contribution in [3.8, 4) is 0 Å². The molecule has 0 N–H and O–H groups in total. The molecule has 15 heavy (non-hydrogen) atoms. The largest absolute Gasteiger partial charge is 0.223 e. The molecule has 0 aliphatic heterocycles. The van der Waals surface area contributed by atoms with Crippen molar-refractivity contribution >= 4 is 38.4 Å². The Morgan fingerprint density at radius 3 is 2.87 bits per heavy atom. The number of nitrogens with zero attached hydrogens (tertiary/aromatic N) is 2. The number of aromatic nitrogens is 2. The second kappa shape index (κ2) is 4.45. The Hall–Kier alpha value is -0.670. The van der Waals surface area contributed by atoms with E-state index in [1.165, 1.54) is 0 Å². The molecule has 2 rings (SSSR count). The van der Waals surface area contributed by atoms with E-state index in [-0.39, 0.29) is 0 Å². The molecule has 0 bridgehead atoms. The van der Waals surface area contributed by atoms with E-state index in [9.17, 15) is 0 Å². The first kappa shape index (κ1) is 10.8. The van der Waals surface area contributed by atoms with Crippen molar-refractivity contribution in [2.45, 2.75) is 19.8 Å². The molecule has 2 nitrogen and oxygen atoms in total. The van der Waals surface area contributed by atoms with Crippen molar-refractivity contribution in [2.24, 2.45) is 0 Å². The molecule has 1 aromatic heterocycles. The summed E-state index contributed by atoms with van der Waals surface area (Å²) in [6.45, 7) is 2.12. The van der Waals surface area contributed by atoms with Crippen LogP contribution in [0.4, 0.5) is 0 Å². The molecule has 1 aromatic carbocycles. The normalized spacial score (nSPS) is 10.9. The van der Waals surface area contributed by atoms with Gasteiger partial charge < -0.3 is 0 Å². The number of rotatable bonds is 2. The van der Waals surface area contributed by atoms with E-state index in [1.54, 1.807) is 0 Å². The van der Waals surface area contributed by atoms with Gasteiger partial charge in [0.2, 0.25) is 5.28 Å². The van der Waals surface area contributed by atoms with Gasteiger partial charge >= 0.3 is 0 Å². The minimum Gasteiger partial charge on any atom is -0.222 e. The van der Waals surface area contributed by atoms with Gasteiger partial charge in [-0.3, -0.25) is 0 Å². The smallest absolute Gasteiger partial charge is 0.222 e. The fraction of sp³-hybridized carbons (Fsp3) is 0.273. The second-order valence-electron chi connectivity index (χ2n) is 3.35. The van der Waals surface area contributed by atoms with E-state index in [1.807, 2.05) is 18.2 Å². The highest BCUT2D eigenvalue weighted by molar-refractivity contribution is 9.10. The molecule has 0 spiro atoms. The van der Waals surface area contributed by atoms with Gasteiger partial charge in [-0.2, -0.15) is 0 Å². The quantitative estimate of drug-likeness (QED) is 0.780. The molecular formula is C11H10BrClN2. The molecule has 0 atom stereocenters. The Balaban J connectivity index is 2.70. The van der Waals surface area contributed by atoms with E-state index < -0.39 is 0 Å². The Bertz CT molecular complexity index is 499. The molecule has 1 heterocycles. The highest BCUT2D eigenvalue weighted by atomic mass is 79.9. The maximum atomic E-state index is 5.87. The van der Waals surface area contributed by atoms with Crippen molar-refractivity contribution in [3.63, 3.8) is 0 Å². The molecule has 2 aromatic rings. The second-order valence-corrected chi connectivity index (χ2v) is 4.60. The monoisotopic (exact) mass is 284 g/mol. The molecule has 0 fully saturated rings. The van der Waals surface area contributed by atoms with Crippen LogP contribution in [0.3, 0.4) is 0 Å². The molecule has 0 radical (unpaired) electrons. The molecule has 0 amide bonds. The van der Waals surface area contributed by atoms with Crippen molar-refractivity contribution in [2.75, 3.05) is 0 Å². The van der Waals surface area contributed by atoms with Crippen LogP contribution in [0.1, 0.15) is 19.0 Å². The van der Waals surface area contributed by atoms with E-state index >= 15 is 0 Å². The van der Waals surface area contributed by atoms with E-state index in [4.69, 9.17) is 11.6 Å². The average Bonchev–Trinajstić information content (AvgIpc) is 2.19. The van der Waals surface area contributed by atoms with Crippen LogP contribution in [0.2, 0.25) is 5.28 Å². The summed E-state index contributed by atoms with van der Waals surface area (Å²) in [7, 11) is 0. The van der Waals surface area contributed by atoms with Crippen molar-refractivity contribution < 1.29 is 0 Å². The average molecular weight is 286 g/mol. The summed E-state index contributed by atoms with van der Waals surface area (Å²) in [4.78, 5) is 8.46. The van der Waals surface area contributed by atoms with Gasteiger partial charge in [-0.1, -0.05) is 29.3 Å². The van der Waals surface area contributed by atoms with Crippen LogP contribution in [-0.2, 0) is 6.42 Å². The highest BCUT2D eigenvalue weighted by Gasteiger charge is 2.06. The number of benzene rings is 1. The highest BCUT2D eigenvalue weighted by Crippen LogP contribution is 2.23. The number of halogens is 2. The van der Waals surface area contributed by atoms with Crippen molar-refractivity contribution in [3.05, 3.63) is 33.6 Å². The number of hydrogen-bond donors (Lipinski definition) is 0. The minimum atomic E-state index is 0.327. The lowest BCUT2D eigenvalue weighted by molar-refractivity contribution is 0.886. The van der Waals surface area contributed by atoms with Crippen LogP contribution in [0, 0.1) is 0 Å². The fourth-order valence-electron chi connectivity index (χ4n) is 1.56. The summed E-state index contributed by atoms with van der Waals surface area (Å²) in [5.74, 6) is 0. The molecule has 0 saturated carbocycles. The molecular weight excluding hydrogens is 275 g/mol. The number of fused-ring (bicyclic) bond motifs is 1. The number of hydrogen-bond acceptors (Lipinski definition) is 2. The Morgan fingerprint density at radius 2 is 2.13 bits per heavy atom. The van der Waals surface area contributed by atoms with Gasteiger partial charge in [-0.05, 0) is 36.2 Å². The molecule has 0 aliphatic rings. The first-order valence-corrected chi connectivity index (χ1v) is 5.99. The lowest BCUT2D eigenvalue weighted by Gasteiger charge is -2.05. The van der Waals surface area contributed by atoms with Crippen LogP contribution in [0.15, 0.2) is 22.7 Å². The summed E-state index contributed by atoms with van der Waals surface area (Å²) >= 11 is 9.31. The molecule has 4 heteroatoms. The number of aryl methyl sites for hydroxylation is 1. The third-order valence-corrected chi connectivity index (χ3v) is 2.86. The lowest BCUT2D eigenvalue weighted by atomic mass is 10.1. The predicted octanol–water partition coefficient (Wildman–Crippen LogP) is 4.00. The standard InChI is InChI=1S/C11H10BrClN2/c1-2-3-9-8-6-7(12)4-5-10(8)15-11(13)14-9/h4-6H,2-3H2,1H3. The van der Waals surface area contributed by atoms with Crippen LogP contribution >= 0.6 is 27.5 Å². The van der Waals surface area contributed by atoms with Crippen molar-refractivity contribution in [1.82, 2.24) is 9.97 Å². The SMILES string of the molecule is CCCc1nc(Cl)nc2ccc(Br)cc12. The van der Waals surface area contributed by atoms with E-state index in [2.05, 4.69) is 32.8 Å². The third kappa shape index (κ3) is 2.29. The maximum absolute atomic E-state index is 5.87. The lowest BCUT2D eigenvalue weighted by Crippen LogP contribution is -1.94. The zero-order chi connectivity index (χ0) is 10.8. The Morgan fingerprint density at radius 1 is 1.33 bits per heavy atom. The van der Waals surface area contributed by atoms with Gasteiger partial charge in [0, 0.05) is 9.86 Å². The minimum absolute atomic E-state index is 0.327. The van der Waals surface area contributed by atoms with Gasteiger partial charge in [-0.15, -0.1) is 0 Å². The maximum Gasteiger partial charge on any atom is 0.223 e. The zero-order valence-corrected chi connectivity index (χ0v) is 10.6. The van der Waals surface area contributed by atoms with Gasteiger partial charge in [0.25, 0.3) is 0 Å².